The lowest BCUT2D eigenvalue weighted by atomic mass is 9.71. The molecule has 2 N–H and O–H groups in total. The summed E-state index contributed by atoms with van der Waals surface area (Å²) >= 11 is 0. The minimum atomic E-state index is -0.878. The molecular weight excluding hydrogens is 480 g/mol. The van der Waals surface area contributed by atoms with E-state index in [9.17, 15) is 10.2 Å². The van der Waals surface area contributed by atoms with Crippen molar-refractivity contribution in [2.24, 2.45) is 10.8 Å². The summed E-state index contributed by atoms with van der Waals surface area (Å²) in [6.07, 6.45) is 6.08. The number of ether oxygens (including phenoxy) is 4. The van der Waals surface area contributed by atoms with E-state index in [1.807, 2.05) is 36.4 Å². The molecule has 202 valence electrons. The van der Waals surface area contributed by atoms with Gasteiger partial charge in [-0.1, -0.05) is 52.5 Å². The van der Waals surface area contributed by atoms with Gasteiger partial charge in [0, 0.05) is 23.3 Å². The maximum absolute atomic E-state index is 11.1. The number of benzene rings is 2. The predicted molar refractivity (Wildman–Crippen MR) is 147 cm³/mol. The van der Waals surface area contributed by atoms with Crippen LogP contribution < -0.4 is 9.47 Å². The normalized spacial score (nSPS) is 23.3. The highest BCUT2D eigenvalue weighted by Crippen LogP contribution is 2.57. The SMILES string of the molecule is C=C/C=C\C1=C(C)COC12c1ccc(O)cc1Oc1cc(OCC(O)C(C)(C)CC(C)(C)C3CO3)ccc12. The van der Waals surface area contributed by atoms with Gasteiger partial charge in [-0.25, -0.2) is 0 Å². The Labute approximate surface area is 225 Å². The number of fused-ring (bicyclic) bond motifs is 4. The van der Waals surface area contributed by atoms with Crippen LogP contribution in [0.2, 0.25) is 0 Å². The van der Waals surface area contributed by atoms with Crippen LogP contribution in [-0.2, 0) is 15.1 Å². The number of aromatic hydroxyl groups is 1. The quantitative estimate of drug-likeness (QED) is 0.295. The lowest BCUT2D eigenvalue weighted by Gasteiger charge is -2.38. The number of rotatable bonds is 9. The van der Waals surface area contributed by atoms with Crippen molar-refractivity contribution in [1.82, 2.24) is 0 Å². The summed E-state index contributed by atoms with van der Waals surface area (Å²) in [5.41, 5.74) is 2.57. The van der Waals surface area contributed by atoms with Gasteiger partial charge in [0.15, 0.2) is 5.60 Å². The van der Waals surface area contributed by atoms with Gasteiger partial charge in [-0.2, -0.15) is 0 Å². The van der Waals surface area contributed by atoms with E-state index in [-0.39, 0.29) is 29.3 Å². The van der Waals surface area contributed by atoms with Gasteiger partial charge < -0.3 is 29.2 Å². The zero-order valence-corrected chi connectivity index (χ0v) is 22.9. The Morgan fingerprint density at radius 1 is 1.13 bits per heavy atom. The Bertz CT molecular complexity index is 1300. The number of aliphatic hydroxyl groups is 1. The molecule has 0 saturated carbocycles. The van der Waals surface area contributed by atoms with Crippen LogP contribution >= 0.6 is 0 Å². The van der Waals surface area contributed by atoms with Crippen molar-refractivity contribution < 1.29 is 29.2 Å². The van der Waals surface area contributed by atoms with Gasteiger partial charge in [0.2, 0.25) is 0 Å². The highest BCUT2D eigenvalue weighted by atomic mass is 16.6. The van der Waals surface area contributed by atoms with Crippen molar-refractivity contribution in [3.8, 4) is 23.0 Å². The maximum Gasteiger partial charge on any atom is 0.151 e. The fraction of sp³-hybridized carbons (Fsp3) is 0.438. The second-order valence-corrected chi connectivity index (χ2v) is 12.0. The highest BCUT2D eigenvalue weighted by Gasteiger charge is 2.49. The molecule has 3 heterocycles. The first kappa shape index (κ1) is 26.5. The van der Waals surface area contributed by atoms with Gasteiger partial charge >= 0.3 is 0 Å². The van der Waals surface area contributed by atoms with Crippen molar-refractivity contribution in [2.45, 2.75) is 58.8 Å². The number of epoxide rings is 1. The predicted octanol–water partition coefficient (Wildman–Crippen LogP) is 6.41. The highest BCUT2D eigenvalue weighted by molar-refractivity contribution is 5.66. The molecule has 6 nitrogen and oxygen atoms in total. The molecule has 0 bridgehead atoms. The topological polar surface area (TPSA) is 80.7 Å². The van der Waals surface area contributed by atoms with E-state index in [4.69, 9.17) is 18.9 Å². The number of phenols is 1. The van der Waals surface area contributed by atoms with Crippen LogP contribution in [0.5, 0.6) is 23.0 Å². The fourth-order valence-electron chi connectivity index (χ4n) is 5.97. The van der Waals surface area contributed by atoms with Gasteiger partial charge in [0.25, 0.3) is 0 Å². The van der Waals surface area contributed by atoms with Gasteiger partial charge in [-0.15, -0.1) is 0 Å². The Hall–Kier alpha value is -3.06. The molecule has 1 saturated heterocycles. The first-order valence-corrected chi connectivity index (χ1v) is 13.2. The average molecular weight is 519 g/mol. The number of allylic oxidation sites excluding steroid dienone is 2. The molecule has 2 aromatic rings. The summed E-state index contributed by atoms with van der Waals surface area (Å²) in [7, 11) is 0. The third-order valence-corrected chi connectivity index (χ3v) is 8.07. The Morgan fingerprint density at radius 2 is 1.82 bits per heavy atom. The van der Waals surface area contributed by atoms with Gasteiger partial charge in [-0.05, 0) is 59.6 Å². The van der Waals surface area contributed by atoms with Crippen LogP contribution in [0, 0.1) is 10.8 Å². The standard InChI is InChI=1S/C32H38O6/c1-7-8-9-23-20(2)16-37-32(23)24-12-10-21(33)14-26(24)38-27-15-22(11-13-25(27)32)35-17-28(34)30(3,4)19-31(5,6)29-18-36-29/h7-15,28-29,33-34H,1,16-19H2,2-6H3/b9-8-. The smallest absolute Gasteiger partial charge is 0.151 e. The lowest BCUT2D eigenvalue weighted by Crippen LogP contribution is -2.39. The summed E-state index contributed by atoms with van der Waals surface area (Å²) in [5.74, 6) is 1.81. The summed E-state index contributed by atoms with van der Waals surface area (Å²) in [6, 6.07) is 10.8. The molecule has 0 amide bonds. The molecule has 3 unspecified atom stereocenters. The van der Waals surface area contributed by atoms with Crippen LogP contribution in [0.4, 0.5) is 0 Å². The number of hydrogen-bond donors (Lipinski definition) is 2. The molecule has 1 spiro atoms. The molecule has 3 atom stereocenters. The van der Waals surface area contributed by atoms with Gasteiger partial charge in [-0.3, -0.25) is 0 Å². The number of phenolic OH excluding ortho intramolecular Hbond substituents is 1. The second-order valence-electron chi connectivity index (χ2n) is 12.0. The summed E-state index contributed by atoms with van der Waals surface area (Å²) in [4.78, 5) is 0. The molecular formula is C32H38O6. The maximum atomic E-state index is 11.1. The Morgan fingerprint density at radius 3 is 2.50 bits per heavy atom. The molecule has 5 rings (SSSR count). The zero-order chi connectivity index (χ0) is 27.3. The molecule has 38 heavy (non-hydrogen) atoms. The summed E-state index contributed by atoms with van der Waals surface area (Å²) in [6.45, 7) is 15.8. The van der Waals surface area contributed by atoms with E-state index >= 15 is 0 Å². The largest absolute Gasteiger partial charge is 0.508 e. The van der Waals surface area contributed by atoms with E-state index in [1.54, 1.807) is 18.2 Å². The van der Waals surface area contributed by atoms with Crippen LogP contribution in [-0.4, -0.2) is 42.2 Å². The third-order valence-electron chi connectivity index (χ3n) is 8.07. The number of aliphatic hydroxyl groups excluding tert-OH is 1. The van der Waals surface area contributed by atoms with E-state index in [0.29, 0.717) is 23.9 Å². The van der Waals surface area contributed by atoms with E-state index in [0.717, 1.165) is 35.3 Å². The fourth-order valence-corrected chi connectivity index (χ4v) is 5.97. The van der Waals surface area contributed by atoms with Crippen LogP contribution in [0.3, 0.4) is 0 Å². The lowest BCUT2D eigenvalue weighted by molar-refractivity contribution is -0.0165. The Kier molecular flexibility index (Phi) is 6.70. The molecule has 6 heteroatoms. The van der Waals surface area contributed by atoms with Crippen molar-refractivity contribution in [3.63, 3.8) is 0 Å². The van der Waals surface area contributed by atoms with Gasteiger partial charge in [0.05, 0.1) is 25.4 Å². The molecule has 3 aliphatic rings. The third kappa shape index (κ3) is 4.66. The molecule has 1 fully saturated rings. The minimum absolute atomic E-state index is 0.0118. The van der Waals surface area contributed by atoms with E-state index in [1.165, 1.54) is 0 Å². The average Bonchev–Trinajstić information content (AvgIpc) is 3.67. The van der Waals surface area contributed by atoms with Gasteiger partial charge in [0.1, 0.15) is 29.6 Å². The molecule has 2 aromatic carbocycles. The molecule has 0 aliphatic carbocycles. The zero-order valence-electron chi connectivity index (χ0n) is 22.9. The molecule has 0 aromatic heterocycles. The monoisotopic (exact) mass is 518 g/mol. The molecule has 0 radical (unpaired) electrons. The van der Waals surface area contributed by atoms with E-state index < -0.39 is 11.7 Å². The number of hydrogen-bond acceptors (Lipinski definition) is 6. The second kappa shape index (κ2) is 9.60. The van der Waals surface area contributed by atoms with Crippen molar-refractivity contribution in [1.29, 1.82) is 0 Å². The van der Waals surface area contributed by atoms with Crippen molar-refractivity contribution in [2.75, 3.05) is 19.8 Å². The first-order valence-electron chi connectivity index (χ1n) is 13.2. The Balaban J connectivity index is 1.43. The van der Waals surface area contributed by atoms with Crippen molar-refractivity contribution >= 4 is 0 Å². The first-order chi connectivity index (χ1) is 18.0. The van der Waals surface area contributed by atoms with Crippen LogP contribution in [0.1, 0.15) is 52.2 Å². The van der Waals surface area contributed by atoms with E-state index in [2.05, 4.69) is 41.2 Å². The minimum Gasteiger partial charge on any atom is -0.508 e. The molecule has 3 aliphatic heterocycles. The summed E-state index contributed by atoms with van der Waals surface area (Å²) < 4.78 is 24.4. The summed E-state index contributed by atoms with van der Waals surface area (Å²) in [5, 5.41) is 21.3. The van der Waals surface area contributed by atoms with Crippen LogP contribution in [0.15, 0.2) is 72.4 Å². The van der Waals surface area contributed by atoms with Crippen molar-refractivity contribution in [3.05, 3.63) is 83.5 Å². The van der Waals surface area contributed by atoms with Crippen LogP contribution in [0.25, 0.3) is 0 Å².